The molecule has 0 saturated carbocycles. The van der Waals surface area contributed by atoms with Gasteiger partial charge in [-0.3, -0.25) is 9.59 Å². The zero-order valence-corrected chi connectivity index (χ0v) is 12.0. The first-order valence-electron chi connectivity index (χ1n) is 6.39. The Balaban J connectivity index is 1.89. The van der Waals surface area contributed by atoms with Gasteiger partial charge in [0.15, 0.2) is 0 Å². The lowest BCUT2D eigenvalue weighted by atomic mass is 10.1. The summed E-state index contributed by atoms with van der Waals surface area (Å²) in [7, 11) is 1.35. The zero-order valence-electron chi connectivity index (χ0n) is 11.3. The van der Waals surface area contributed by atoms with Crippen molar-refractivity contribution in [1.29, 1.82) is 0 Å². The Labute approximate surface area is 123 Å². The van der Waals surface area contributed by atoms with E-state index < -0.39 is 0 Å². The van der Waals surface area contributed by atoms with Crippen LogP contribution in [0.4, 0.5) is 0 Å². The topological polar surface area (TPSA) is 46.6 Å². The van der Waals surface area contributed by atoms with Crippen molar-refractivity contribution < 1.29 is 14.3 Å². The number of ether oxygens (including phenoxy) is 1. The summed E-state index contributed by atoms with van der Waals surface area (Å²) in [5.74, 6) is -0.307. The van der Waals surface area contributed by atoms with Gasteiger partial charge in [0.1, 0.15) is 0 Å². The number of hydrogen-bond donors (Lipinski definition) is 0. The maximum absolute atomic E-state index is 12.2. The van der Waals surface area contributed by atoms with E-state index >= 15 is 0 Å². The largest absolute Gasteiger partial charge is 0.469 e. The molecule has 0 spiro atoms. The van der Waals surface area contributed by atoms with Gasteiger partial charge in [-0.2, -0.15) is 0 Å². The van der Waals surface area contributed by atoms with Crippen molar-refractivity contribution in [3.8, 4) is 0 Å². The first kappa shape index (κ1) is 14.6. The summed E-state index contributed by atoms with van der Waals surface area (Å²) in [4.78, 5) is 25.0. The van der Waals surface area contributed by atoms with Crippen molar-refractivity contribution in [3.63, 3.8) is 0 Å². The number of carbonyl (C=O) groups excluding carboxylic acids is 2. The summed E-state index contributed by atoms with van der Waals surface area (Å²) in [6.45, 7) is 1.13. The van der Waals surface area contributed by atoms with Gasteiger partial charge >= 0.3 is 5.97 Å². The van der Waals surface area contributed by atoms with Crippen molar-refractivity contribution >= 4 is 23.5 Å². The molecular weight excluding hydrogens is 278 g/mol. The summed E-state index contributed by atoms with van der Waals surface area (Å²) in [6, 6.07) is 7.43. The smallest absolute Gasteiger partial charge is 0.305 e. The first-order valence-corrected chi connectivity index (χ1v) is 6.77. The van der Waals surface area contributed by atoms with Crippen LogP contribution in [0.3, 0.4) is 0 Å². The average molecular weight is 294 g/mol. The molecule has 0 bridgehead atoms. The quantitative estimate of drug-likeness (QED) is 0.784. The van der Waals surface area contributed by atoms with Crippen molar-refractivity contribution in [1.82, 2.24) is 4.90 Å². The van der Waals surface area contributed by atoms with Crippen LogP contribution in [0.25, 0.3) is 0 Å². The lowest BCUT2D eigenvalue weighted by molar-refractivity contribution is -0.140. The molecule has 0 N–H and O–H groups in total. The number of nitrogens with zero attached hydrogens (tertiary/aromatic N) is 1. The van der Waals surface area contributed by atoms with Gasteiger partial charge < -0.3 is 9.64 Å². The van der Waals surface area contributed by atoms with E-state index in [4.69, 9.17) is 11.6 Å². The van der Waals surface area contributed by atoms with Crippen LogP contribution in [-0.2, 0) is 20.9 Å². The summed E-state index contributed by atoms with van der Waals surface area (Å²) in [6.07, 6.45) is 2.55. The van der Waals surface area contributed by atoms with E-state index in [1.165, 1.54) is 7.11 Å². The summed E-state index contributed by atoms with van der Waals surface area (Å²) in [5.41, 5.74) is 1.72. The van der Waals surface area contributed by atoms with Gasteiger partial charge in [0.25, 0.3) is 0 Å². The van der Waals surface area contributed by atoms with Crippen LogP contribution in [0.15, 0.2) is 35.9 Å². The molecule has 0 aliphatic carbocycles. The molecule has 4 nitrogen and oxygen atoms in total. The second kappa shape index (κ2) is 6.57. The van der Waals surface area contributed by atoms with Gasteiger partial charge in [-0.15, -0.1) is 0 Å². The summed E-state index contributed by atoms with van der Waals surface area (Å²) >= 11 is 5.83. The molecule has 1 aromatic carbocycles. The van der Waals surface area contributed by atoms with Crippen LogP contribution in [0.1, 0.15) is 18.4 Å². The molecule has 1 aliphatic rings. The van der Waals surface area contributed by atoms with E-state index in [2.05, 4.69) is 4.74 Å². The predicted molar refractivity (Wildman–Crippen MR) is 76.2 cm³/mol. The Morgan fingerprint density at radius 2 is 2.05 bits per heavy atom. The third-order valence-electron chi connectivity index (χ3n) is 3.23. The Hall–Kier alpha value is -1.81. The van der Waals surface area contributed by atoms with Gasteiger partial charge in [-0.1, -0.05) is 29.8 Å². The normalized spacial score (nSPS) is 14.4. The molecule has 20 heavy (non-hydrogen) atoms. The van der Waals surface area contributed by atoms with Gasteiger partial charge in [-0.25, -0.2) is 0 Å². The van der Waals surface area contributed by atoms with Crippen LogP contribution in [0.2, 0.25) is 5.02 Å². The fourth-order valence-electron chi connectivity index (χ4n) is 2.09. The lowest BCUT2D eigenvalue weighted by Gasteiger charge is -2.16. The van der Waals surface area contributed by atoms with E-state index in [-0.39, 0.29) is 18.3 Å². The highest BCUT2D eigenvalue weighted by Crippen LogP contribution is 2.19. The van der Waals surface area contributed by atoms with Gasteiger partial charge in [0, 0.05) is 30.1 Å². The Kier molecular flexibility index (Phi) is 4.79. The maximum atomic E-state index is 12.2. The Bertz CT molecular complexity index is 537. The first-order chi connectivity index (χ1) is 9.60. The summed E-state index contributed by atoms with van der Waals surface area (Å²) < 4.78 is 4.58. The third-order valence-corrected chi connectivity index (χ3v) is 3.48. The number of hydrogen-bond acceptors (Lipinski definition) is 3. The van der Waals surface area contributed by atoms with E-state index in [0.717, 1.165) is 5.56 Å². The van der Waals surface area contributed by atoms with Gasteiger partial charge in [0.05, 0.1) is 7.11 Å². The fraction of sp³-hybridized carbons (Fsp3) is 0.333. The highest BCUT2D eigenvalue weighted by molar-refractivity contribution is 6.30. The molecule has 0 fully saturated rings. The third kappa shape index (κ3) is 3.61. The molecule has 0 unspecified atom stereocenters. The van der Waals surface area contributed by atoms with Crippen LogP contribution < -0.4 is 0 Å². The fourth-order valence-corrected chi connectivity index (χ4v) is 2.21. The van der Waals surface area contributed by atoms with Gasteiger partial charge in [0.2, 0.25) is 5.91 Å². The Morgan fingerprint density at radius 3 is 2.70 bits per heavy atom. The SMILES string of the molecule is COC(=O)CCC1=CCN(Cc2ccc(Cl)cc2)C1=O. The molecule has 0 atom stereocenters. The minimum Gasteiger partial charge on any atom is -0.469 e. The monoisotopic (exact) mass is 293 g/mol. The highest BCUT2D eigenvalue weighted by atomic mass is 35.5. The van der Waals surface area contributed by atoms with E-state index in [0.29, 0.717) is 30.1 Å². The Morgan fingerprint density at radius 1 is 1.35 bits per heavy atom. The second-order valence-electron chi connectivity index (χ2n) is 4.62. The number of halogens is 1. The van der Waals surface area contributed by atoms with Crippen LogP contribution in [-0.4, -0.2) is 30.4 Å². The molecule has 0 aromatic heterocycles. The molecule has 1 aliphatic heterocycles. The molecule has 1 amide bonds. The minimum absolute atomic E-state index is 0.0103. The zero-order chi connectivity index (χ0) is 14.5. The standard InChI is InChI=1S/C15H16ClNO3/c1-20-14(18)7-4-12-8-9-17(15(12)19)10-11-2-5-13(16)6-3-11/h2-3,5-6,8H,4,7,9-10H2,1H3. The lowest BCUT2D eigenvalue weighted by Crippen LogP contribution is -2.26. The molecule has 106 valence electrons. The maximum Gasteiger partial charge on any atom is 0.305 e. The predicted octanol–water partition coefficient (Wildman–Crippen LogP) is 2.56. The number of amides is 1. The van der Waals surface area contributed by atoms with Crippen LogP contribution >= 0.6 is 11.6 Å². The molecular formula is C15H16ClNO3. The molecule has 2 rings (SSSR count). The summed E-state index contributed by atoms with van der Waals surface area (Å²) in [5, 5.41) is 0.679. The number of carbonyl (C=O) groups is 2. The van der Waals surface area contributed by atoms with E-state index in [1.54, 1.807) is 4.90 Å². The molecule has 1 aromatic rings. The molecule has 0 radical (unpaired) electrons. The molecule has 0 saturated heterocycles. The second-order valence-corrected chi connectivity index (χ2v) is 5.05. The average Bonchev–Trinajstić information content (AvgIpc) is 2.80. The molecule has 5 heteroatoms. The highest BCUT2D eigenvalue weighted by Gasteiger charge is 2.24. The van der Waals surface area contributed by atoms with Crippen molar-refractivity contribution in [2.75, 3.05) is 13.7 Å². The molecule has 1 heterocycles. The van der Waals surface area contributed by atoms with Crippen LogP contribution in [0, 0.1) is 0 Å². The number of methoxy groups -OCH3 is 1. The van der Waals surface area contributed by atoms with E-state index in [9.17, 15) is 9.59 Å². The van der Waals surface area contributed by atoms with Crippen molar-refractivity contribution in [3.05, 3.63) is 46.5 Å². The number of benzene rings is 1. The number of rotatable bonds is 5. The van der Waals surface area contributed by atoms with E-state index in [1.807, 2.05) is 30.3 Å². The van der Waals surface area contributed by atoms with Crippen LogP contribution in [0.5, 0.6) is 0 Å². The van der Waals surface area contributed by atoms with Crippen molar-refractivity contribution in [2.45, 2.75) is 19.4 Å². The van der Waals surface area contributed by atoms with Gasteiger partial charge in [-0.05, 0) is 24.1 Å². The minimum atomic E-state index is -0.296. The van der Waals surface area contributed by atoms with Crippen molar-refractivity contribution in [2.24, 2.45) is 0 Å². The number of esters is 1.